The van der Waals surface area contributed by atoms with Gasteiger partial charge in [-0.25, -0.2) is 0 Å². The molecule has 0 aliphatic carbocycles. The molecule has 5 heteroatoms. The Morgan fingerprint density at radius 3 is 2.61 bits per heavy atom. The summed E-state index contributed by atoms with van der Waals surface area (Å²) in [5.41, 5.74) is 2.53. The third kappa shape index (κ3) is 6.16. The molecule has 0 spiro atoms. The van der Waals surface area contributed by atoms with Gasteiger partial charge in [0.15, 0.2) is 0 Å². The second-order valence-electron chi connectivity index (χ2n) is 5.18. The van der Waals surface area contributed by atoms with E-state index < -0.39 is 0 Å². The summed E-state index contributed by atoms with van der Waals surface area (Å²) in [4.78, 5) is 12.0. The largest absolute Gasteiger partial charge is 0.489 e. The zero-order valence-corrected chi connectivity index (χ0v) is 14.5. The van der Waals surface area contributed by atoms with Crippen molar-refractivity contribution in [3.8, 4) is 5.75 Å². The van der Waals surface area contributed by atoms with Gasteiger partial charge >= 0.3 is 0 Å². The zero-order chi connectivity index (χ0) is 16.7. The molecule has 2 aromatic carbocycles. The molecule has 0 saturated heterocycles. The van der Waals surface area contributed by atoms with E-state index in [9.17, 15) is 4.79 Å². The second kappa shape index (κ2) is 8.39. The molecule has 23 heavy (non-hydrogen) atoms. The van der Waals surface area contributed by atoms with E-state index in [0.29, 0.717) is 18.0 Å². The van der Waals surface area contributed by atoms with Crippen LogP contribution in [0.3, 0.4) is 0 Å². The lowest BCUT2D eigenvalue weighted by Gasteiger charge is -2.10. The first-order valence-electron chi connectivity index (χ1n) is 7.19. The smallest absolute Gasteiger partial charge is 0.243 e. The van der Waals surface area contributed by atoms with Crippen molar-refractivity contribution in [3.05, 3.63) is 65.2 Å². The van der Waals surface area contributed by atoms with Crippen LogP contribution in [0.15, 0.2) is 65.2 Å². The maximum atomic E-state index is 12.0. The average Bonchev–Trinajstić information content (AvgIpc) is 2.53. The maximum absolute atomic E-state index is 12.0. The number of carbonyl (C=O) groups is 1. The van der Waals surface area contributed by atoms with Crippen LogP contribution >= 0.6 is 15.9 Å². The van der Waals surface area contributed by atoms with Crippen LogP contribution in [0, 0.1) is 0 Å². The van der Waals surface area contributed by atoms with Crippen molar-refractivity contribution in [2.45, 2.75) is 6.92 Å². The molecule has 0 aliphatic rings. The van der Waals surface area contributed by atoms with Crippen molar-refractivity contribution in [1.29, 1.82) is 0 Å². The molecular formula is C18H19BrN2O2. The Hall–Kier alpha value is -2.27. The standard InChI is InChI=1S/C18H19BrN2O2/c1-13(2)12-23-17-5-3-4-16(10-17)21-18(22)11-20-15-8-6-14(19)7-9-15/h3-10,20H,1,11-12H2,2H3,(H,21,22). The number of anilines is 2. The lowest BCUT2D eigenvalue weighted by molar-refractivity contribution is -0.114. The summed E-state index contributed by atoms with van der Waals surface area (Å²) in [5.74, 6) is 0.580. The minimum Gasteiger partial charge on any atom is -0.489 e. The molecule has 0 unspecified atom stereocenters. The van der Waals surface area contributed by atoms with Gasteiger partial charge in [-0.1, -0.05) is 28.6 Å². The van der Waals surface area contributed by atoms with Gasteiger partial charge in [0.1, 0.15) is 12.4 Å². The monoisotopic (exact) mass is 374 g/mol. The Kier molecular flexibility index (Phi) is 6.23. The van der Waals surface area contributed by atoms with Crippen LogP contribution in [0.4, 0.5) is 11.4 Å². The minimum atomic E-state index is -0.120. The van der Waals surface area contributed by atoms with Crippen LogP contribution in [-0.2, 0) is 4.79 Å². The van der Waals surface area contributed by atoms with Gasteiger partial charge in [0, 0.05) is 21.9 Å². The van der Waals surface area contributed by atoms with Gasteiger partial charge in [-0.05, 0) is 48.9 Å². The summed E-state index contributed by atoms with van der Waals surface area (Å²) in [7, 11) is 0. The Morgan fingerprint density at radius 2 is 1.91 bits per heavy atom. The third-order valence-electron chi connectivity index (χ3n) is 2.90. The molecule has 4 nitrogen and oxygen atoms in total. The molecular weight excluding hydrogens is 356 g/mol. The molecule has 2 N–H and O–H groups in total. The predicted molar refractivity (Wildman–Crippen MR) is 98.0 cm³/mol. The van der Waals surface area contributed by atoms with E-state index in [1.807, 2.05) is 49.4 Å². The van der Waals surface area contributed by atoms with Crippen LogP contribution in [0.5, 0.6) is 5.75 Å². The van der Waals surface area contributed by atoms with Crippen molar-refractivity contribution in [2.75, 3.05) is 23.8 Å². The molecule has 0 heterocycles. The number of halogens is 1. The van der Waals surface area contributed by atoms with Gasteiger partial charge in [-0.3, -0.25) is 4.79 Å². The van der Waals surface area contributed by atoms with E-state index in [-0.39, 0.29) is 12.5 Å². The Balaban J connectivity index is 1.86. The number of amides is 1. The summed E-state index contributed by atoms with van der Waals surface area (Å²) in [6, 6.07) is 15.0. The number of benzene rings is 2. The van der Waals surface area contributed by atoms with Gasteiger partial charge in [-0.15, -0.1) is 0 Å². The molecule has 0 fully saturated rings. The topological polar surface area (TPSA) is 50.4 Å². The van der Waals surface area contributed by atoms with Crippen molar-refractivity contribution in [2.24, 2.45) is 0 Å². The predicted octanol–water partition coefficient (Wildman–Crippen LogP) is 4.45. The van der Waals surface area contributed by atoms with Crippen molar-refractivity contribution in [1.82, 2.24) is 0 Å². The molecule has 120 valence electrons. The molecule has 2 aromatic rings. The molecule has 0 bridgehead atoms. The van der Waals surface area contributed by atoms with Crippen molar-refractivity contribution in [3.63, 3.8) is 0 Å². The SMILES string of the molecule is C=C(C)COc1cccc(NC(=O)CNc2ccc(Br)cc2)c1. The van der Waals surface area contributed by atoms with Gasteiger partial charge in [0.25, 0.3) is 0 Å². The lowest BCUT2D eigenvalue weighted by atomic mass is 10.3. The number of rotatable bonds is 7. The molecule has 0 atom stereocenters. The summed E-state index contributed by atoms with van der Waals surface area (Å²) < 4.78 is 6.56. The van der Waals surface area contributed by atoms with E-state index in [1.165, 1.54) is 0 Å². The van der Waals surface area contributed by atoms with Crippen LogP contribution in [0.2, 0.25) is 0 Å². The molecule has 0 saturated carbocycles. The van der Waals surface area contributed by atoms with Gasteiger partial charge in [0.2, 0.25) is 5.91 Å². The van der Waals surface area contributed by atoms with E-state index in [2.05, 4.69) is 33.1 Å². The molecule has 1 amide bonds. The van der Waals surface area contributed by atoms with Gasteiger partial charge in [-0.2, -0.15) is 0 Å². The average molecular weight is 375 g/mol. The van der Waals surface area contributed by atoms with E-state index in [0.717, 1.165) is 15.7 Å². The summed E-state index contributed by atoms with van der Waals surface area (Å²) in [6.07, 6.45) is 0. The normalized spacial score (nSPS) is 10.0. The highest BCUT2D eigenvalue weighted by molar-refractivity contribution is 9.10. The first kappa shape index (κ1) is 17.1. The first-order chi connectivity index (χ1) is 11.0. The Morgan fingerprint density at radius 1 is 1.17 bits per heavy atom. The summed E-state index contributed by atoms with van der Waals surface area (Å²) in [6.45, 7) is 6.35. The van der Waals surface area contributed by atoms with E-state index in [4.69, 9.17) is 4.74 Å². The Labute approximate surface area is 144 Å². The quantitative estimate of drug-likeness (QED) is 0.703. The number of ether oxygens (including phenoxy) is 1. The van der Waals surface area contributed by atoms with Gasteiger partial charge < -0.3 is 15.4 Å². The molecule has 2 rings (SSSR count). The highest BCUT2D eigenvalue weighted by Crippen LogP contribution is 2.18. The van der Waals surface area contributed by atoms with E-state index >= 15 is 0 Å². The van der Waals surface area contributed by atoms with Crippen LogP contribution in [-0.4, -0.2) is 19.1 Å². The fourth-order valence-electron chi connectivity index (χ4n) is 1.83. The Bertz CT molecular complexity index is 684. The van der Waals surface area contributed by atoms with Crippen LogP contribution in [0.25, 0.3) is 0 Å². The third-order valence-corrected chi connectivity index (χ3v) is 3.43. The van der Waals surface area contributed by atoms with Crippen LogP contribution in [0.1, 0.15) is 6.92 Å². The summed E-state index contributed by atoms with van der Waals surface area (Å²) in [5, 5.41) is 5.91. The lowest BCUT2D eigenvalue weighted by Crippen LogP contribution is -2.21. The number of hydrogen-bond acceptors (Lipinski definition) is 3. The number of nitrogens with one attached hydrogen (secondary N) is 2. The summed E-state index contributed by atoms with van der Waals surface area (Å²) >= 11 is 3.37. The highest BCUT2D eigenvalue weighted by Gasteiger charge is 2.04. The molecule has 0 aromatic heterocycles. The van der Waals surface area contributed by atoms with Gasteiger partial charge in [0.05, 0.1) is 6.54 Å². The highest BCUT2D eigenvalue weighted by atomic mass is 79.9. The number of hydrogen-bond donors (Lipinski definition) is 2. The zero-order valence-electron chi connectivity index (χ0n) is 12.9. The number of carbonyl (C=O) groups excluding carboxylic acids is 1. The first-order valence-corrected chi connectivity index (χ1v) is 7.99. The molecule has 0 aliphatic heterocycles. The van der Waals surface area contributed by atoms with Crippen molar-refractivity contribution >= 4 is 33.2 Å². The fourth-order valence-corrected chi connectivity index (χ4v) is 2.09. The van der Waals surface area contributed by atoms with Crippen LogP contribution < -0.4 is 15.4 Å². The second-order valence-corrected chi connectivity index (χ2v) is 6.10. The van der Waals surface area contributed by atoms with Crippen molar-refractivity contribution < 1.29 is 9.53 Å². The fraction of sp³-hybridized carbons (Fsp3) is 0.167. The molecule has 0 radical (unpaired) electrons. The maximum Gasteiger partial charge on any atom is 0.243 e. The van der Waals surface area contributed by atoms with E-state index in [1.54, 1.807) is 6.07 Å². The minimum absolute atomic E-state index is 0.120.